The number of thiazole rings is 1. The van der Waals surface area contributed by atoms with Crippen LogP contribution in [-0.2, 0) is 13.0 Å². The Labute approximate surface area is 157 Å². The Morgan fingerprint density at radius 3 is 2.93 bits per heavy atom. The maximum atomic E-state index is 13.6. The fourth-order valence-corrected chi connectivity index (χ4v) is 3.79. The highest BCUT2D eigenvalue weighted by molar-refractivity contribution is 7.13. The van der Waals surface area contributed by atoms with Crippen molar-refractivity contribution in [3.8, 4) is 10.6 Å². The summed E-state index contributed by atoms with van der Waals surface area (Å²) in [4.78, 5) is 19.3. The Morgan fingerprint density at radius 2 is 2.22 bits per heavy atom. The smallest absolute Gasteiger partial charge is 0.322 e. The molecule has 6 nitrogen and oxygen atoms in total. The minimum Gasteiger partial charge on any atom is -0.355 e. The van der Waals surface area contributed by atoms with E-state index < -0.39 is 17.7 Å². The summed E-state index contributed by atoms with van der Waals surface area (Å²) in [6.07, 6.45) is 2.24. The number of carbonyl (C=O) groups is 1. The van der Waals surface area contributed by atoms with Crippen molar-refractivity contribution in [2.45, 2.75) is 32.9 Å². The molecular formula is C18H16F2N4O2S. The molecular weight excluding hydrogens is 374 g/mol. The van der Waals surface area contributed by atoms with Gasteiger partial charge in [-0.15, -0.1) is 11.3 Å². The Morgan fingerprint density at radius 1 is 1.41 bits per heavy atom. The van der Waals surface area contributed by atoms with Gasteiger partial charge < -0.3 is 14.7 Å². The van der Waals surface area contributed by atoms with Crippen molar-refractivity contribution in [3.05, 3.63) is 52.3 Å². The predicted molar refractivity (Wildman–Crippen MR) is 96.4 cm³/mol. The third-order valence-electron chi connectivity index (χ3n) is 4.60. The number of benzene rings is 1. The average molecular weight is 390 g/mol. The average Bonchev–Trinajstić information content (AvgIpc) is 3.27. The molecule has 0 aliphatic carbocycles. The quantitative estimate of drug-likeness (QED) is 0.706. The number of anilines is 1. The van der Waals surface area contributed by atoms with Gasteiger partial charge in [-0.2, -0.15) is 0 Å². The first-order valence-electron chi connectivity index (χ1n) is 8.33. The number of urea groups is 1. The van der Waals surface area contributed by atoms with E-state index in [-0.39, 0.29) is 17.3 Å². The fraction of sp³-hybridized carbons (Fsp3) is 0.278. The van der Waals surface area contributed by atoms with Crippen molar-refractivity contribution >= 4 is 23.1 Å². The summed E-state index contributed by atoms with van der Waals surface area (Å²) in [6, 6.07) is 1.86. The van der Waals surface area contributed by atoms with Crippen molar-refractivity contribution < 1.29 is 18.1 Å². The third-order valence-corrected chi connectivity index (χ3v) is 5.37. The van der Waals surface area contributed by atoms with Crippen LogP contribution in [0.15, 0.2) is 28.4 Å². The van der Waals surface area contributed by atoms with E-state index in [2.05, 4.69) is 15.5 Å². The molecule has 9 heteroatoms. The number of halogens is 2. The lowest BCUT2D eigenvalue weighted by molar-refractivity contribution is 0.182. The topological polar surface area (TPSA) is 71.3 Å². The molecule has 1 aliphatic heterocycles. The first-order valence-corrected chi connectivity index (χ1v) is 9.21. The minimum atomic E-state index is -0.995. The van der Waals surface area contributed by atoms with Gasteiger partial charge in [0.15, 0.2) is 17.4 Å². The van der Waals surface area contributed by atoms with Gasteiger partial charge in [0.2, 0.25) is 0 Å². The Bertz CT molecular complexity index is 980. The highest BCUT2D eigenvalue weighted by atomic mass is 32.1. The van der Waals surface area contributed by atoms with Gasteiger partial charge in [-0.3, -0.25) is 4.98 Å². The van der Waals surface area contributed by atoms with Crippen molar-refractivity contribution in [3.63, 3.8) is 0 Å². The number of hydrogen-bond donors (Lipinski definition) is 1. The molecule has 3 aromatic rings. The van der Waals surface area contributed by atoms with Crippen molar-refractivity contribution in [1.29, 1.82) is 0 Å². The zero-order chi connectivity index (χ0) is 19.1. The van der Waals surface area contributed by atoms with E-state index in [1.807, 2.05) is 6.92 Å². The summed E-state index contributed by atoms with van der Waals surface area (Å²) >= 11 is 1.43. The first kappa shape index (κ1) is 17.6. The van der Waals surface area contributed by atoms with Gasteiger partial charge in [-0.05, 0) is 25.5 Å². The van der Waals surface area contributed by atoms with Crippen molar-refractivity contribution in [2.24, 2.45) is 0 Å². The number of carbonyl (C=O) groups excluding carboxylic acids is 1. The lowest BCUT2D eigenvalue weighted by Crippen LogP contribution is -2.44. The lowest BCUT2D eigenvalue weighted by atomic mass is 10.00. The van der Waals surface area contributed by atoms with Gasteiger partial charge in [0.05, 0.1) is 22.6 Å². The molecule has 2 amide bonds. The number of rotatable bonds is 2. The monoisotopic (exact) mass is 390 g/mol. The first-order chi connectivity index (χ1) is 12.9. The molecule has 2 aromatic heterocycles. The molecule has 1 aromatic carbocycles. The van der Waals surface area contributed by atoms with E-state index in [0.29, 0.717) is 18.7 Å². The SMILES string of the molecule is Cc1cc(NC(=O)N2Cc3c(noc3-c3cncs3)C[C@@H]2C)cc(F)c1F. The maximum absolute atomic E-state index is 13.6. The fourth-order valence-electron chi connectivity index (χ4n) is 3.17. The van der Waals surface area contributed by atoms with Gasteiger partial charge in [-0.1, -0.05) is 5.16 Å². The molecule has 140 valence electrons. The zero-order valence-electron chi connectivity index (χ0n) is 14.6. The number of hydrogen-bond acceptors (Lipinski definition) is 5. The molecule has 1 N–H and O–H groups in total. The molecule has 0 unspecified atom stereocenters. The summed E-state index contributed by atoms with van der Waals surface area (Å²) < 4.78 is 32.5. The summed E-state index contributed by atoms with van der Waals surface area (Å²) in [7, 11) is 0. The number of amides is 2. The highest BCUT2D eigenvalue weighted by Crippen LogP contribution is 2.34. The summed E-state index contributed by atoms with van der Waals surface area (Å²) in [5.41, 5.74) is 3.70. The van der Waals surface area contributed by atoms with Gasteiger partial charge >= 0.3 is 6.03 Å². The van der Waals surface area contributed by atoms with Crippen LogP contribution in [0.3, 0.4) is 0 Å². The van der Waals surface area contributed by atoms with Gasteiger partial charge in [0, 0.05) is 36.0 Å². The summed E-state index contributed by atoms with van der Waals surface area (Å²) in [5, 5.41) is 6.78. The number of aromatic nitrogens is 2. The van der Waals surface area contributed by atoms with E-state index in [0.717, 1.165) is 22.2 Å². The molecule has 0 saturated carbocycles. The van der Waals surface area contributed by atoms with Crippen LogP contribution in [0.2, 0.25) is 0 Å². The molecule has 0 spiro atoms. The van der Waals surface area contributed by atoms with E-state index in [4.69, 9.17) is 4.52 Å². The molecule has 0 bridgehead atoms. The maximum Gasteiger partial charge on any atom is 0.322 e. The standard InChI is InChI=1S/C18H16F2N4O2S/c1-9-3-11(5-13(19)16(9)20)22-18(25)24-7-12-14(4-10(24)2)23-26-17(12)15-6-21-8-27-15/h3,5-6,8,10H,4,7H2,1-2H3,(H,22,25)/t10-/m0/s1. The highest BCUT2D eigenvalue weighted by Gasteiger charge is 2.32. The van der Waals surface area contributed by atoms with Crippen LogP contribution >= 0.6 is 11.3 Å². The van der Waals surface area contributed by atoms with Crippen LogP contribution in [-0.4, -0.2) is 27.1 Å². The van der Waals surface area contributed by atoms with Gasteiger partial charge in [0.1, 0.15) is 0 Å². The number of fused-ring (bicyclic) bond motifs is 1. The minimum absolute atomic E-state index is 0.122. The predicted octanol–water partition coefficient (Wildman–Crippen LogP) is 4.36. The Balaban J connectivity index is 1.58. The number of nitrogens with one attached hydrogen (secondary N) is 1. The Hall–Kier alpha value is -2.81. The van der Waals surface area contributed by atoms with Crippen LogP contribution in [0.1, 0.15) is 23.7 Å². The van der Waals surface area contributed by atoms with E-state index >= 15 is 0 Å². The van der Waals surface area contributed by atoms with Crippen LogP contribution in [0.5, 0.6) is 0 Å². The Kier molecular flexibility index (Phi) is 4.39. The zero-order valence-corrected chi connectivity index (χ0v) is 15.4. The number of nitrogens with zero attached hydrogens (tertiary/aromatic N) is 3. The van der Waals surface area contributed by atoms with E-state index in [1.165, 1.54) is 24.3 Å². The molecule has 4 rings (SSSR count). The molecule has 0 radical (unpaired) electrons. The second kappa shape index (κ2) is 6.73. The number of aryl methyl sites for hydroxylation is 1. The molecule has 1 aliphatic rings. The summed E-state index contributed by atoms with van der Waals surface area (Å²) in [5.74, 6) is -1.30. The van der Waals surface area contributed by atoms with Gasteiger partial charge in [0.25, 0.3) is 0 Å². The third kappa shape index (κ3) is 3.18. The molecule has 3 heterocycles. The lowest BCUT2D eigenvalue weighted by Gasteiger charge is -2.32. The molecule has 1 atom stereocenters. The van der Waals surface area contributed by atoms with Crippen LogP contribution in [0.4, 0.5) is 19.3 Å². The van der Waals surface area contributed by atoms with Crippen LogP contribution in [0, 0.1) is 18.6 Å². The largest absolute Gasteiger partial charge is 0.355 e. The normalized spacial score (nSPS) is 16.3. The van der Waals surface area contributed by atoms with Crippen LogP contribution in [0.25, 0.3) is 10.6 Å². The van der Waals surface area contributed by atoms with Crippen LogP contribution < -0.4 is 5.32 Å². The second-order valence-electron chi connectivity index (χ2n) is 6.50. The molecule has 0 fully saturated rings. The van der Waals surface area contributed by atoms with Gasteiger partial charge in [-0.25, -0.2) is 13.6 Å². The van der Waals surface area contributed by atoms with Crippen molar-refractivity contribution in [2.75, 3.05) is 5.32 Å². The van der Waals surface area contributed by atoms with E-state index in [9.17, 15) is 13.6 Å². The second-order valence-corrected chi connectivity index (χ2v) is 7.39. The molecule has 0 saturated heterocycles. The van der Waals surface area contributed by atoms with Crippen molar-refractivity contribution in [1.82, 2.24) is 15.0 Å². The van der Waals surface area contributed by atoms with E-state index in [1.54, 1.807) is 16.6 Å². The molecule has 27 heavy (non-hydrogen) atoms. The summed E-state index contributed by atoms with van der Waals surface area (Å²) in [6.45, 7) is 3.66.